The number of hydrogen-bond donors (Lipinski definition) is 1. The summed E-state index contributed by atoms with van der Waals surface area (Å²) in [5.74, 6) is 1.10. The Morgan fingerprint density at radius 2 is 1.80 bits per heavy atom. The number of rotatable bonds is 6. The summed E-state index contributed by atoms with van der Waals surface area (Å²) in [5.41, 5.74) is 1.03. The quantitative estimate of drug-likeness (QED) is 0.798. The lowest BCUT2D eigenvalue weighted by molar-refractivity contribution is 0.0726. The second-order valence-corrected chi connectivity index (χ2v) is 6.32. The zero-order chi connectivity index (χ0) is 14.4. The molecule has 0 heterocycles. The highest BCUT2D eigenvalue weighted by Gasteiger charge is 2.26. The molecule has 20 heavy (non-hydrogen) atoms. The van der Waals surface area contributed by atoms with Gasteiger partial charge in [0.1, 0.15) is 5.82 Å². The third-order valence-corrected chi connectivity index (χ3v) is 4.76. The minimum Gasteiger partial charge on any atom is -0.392 e. The van der Waals surface area contributed by atoms with Crippen molar-refractivity contribution in [3.63, 3.8) is 0 Å². The van der Waals surface area contributed by atoms with E-state index in [0.717, 1.165) is 24.3 Å². The molecule has 1 N–H and O–H groups in total. The summed E-state index contributed by atoms with van der Waals surface area (Å²) in [7, 11) is 0. The SMILES string of the molecule is CCCCC1CCC(C(O)Cc2ccc(F)cc2)CC1. The Balaban J connectivity index is 1.76. The summed E-state index contributed by atoms with van der Waals surface area (Å²) in [6, 6.07) is 6.52. The minimum absolute atomic E-state index is 0.209. The third-order valence-electron chi connectivity index (χ3n) is 4.76. The van der Waals surface area contributed by atoms with Crippen molar-refractivity contribution >= 4 is 0 Å². The minimum atomic E-state index is -0.271. The molecule has 2 rings (SSSR count). The topological polar surface area (TPSA) is 20.2 Å². The van der Waals surface area contributed by atoms with Crippen molar-refractivity contribution in [1.29, 1.82) is 0 Å². The highest BCUT2D eigenvalue weighted by atomic mass is 19.1. The van der Waals surface area contributed by atoms with Crippen LogP contribution < -0.4 is 0 Å². The summed E-state index contributed by atoms with van der Waals surface area (Å²) >= 11 is 0. The van der Waals surface area contributed by atoms with Gasteiger partial charge in [0.15, 0.2) is 0 Å². The van der Waals surface area contributed by atoms with Crippen LogP contribution in [-0.2, 0) is 6.42 Å². The second kappa shape index (κ2) is 7.78. The third kappa shape index (κ3) is 4.59. The van der Waals surface area contributed by atoms with Crippen molar-refractivity contribution in [3.05, 3.63) is 35.6 Å². The van der Waals surface area contributed by atoms with E-state index >= 15 is 0 Å². The number of benzene rings is 1. The fourth-order valence-corrected chi connectivity index (χ4v) is 3.38. The molecule has 1 atom stereocenters. The first kappa shape index (κ1) is 15.5. The molecule has 112 valence electrons. The van der Waals surface area contributed by atoms with Crippen LogP contribution in [0.5, 0.6) is 0 Å². The van der Waals surface area contributed by atoms with E-state index in [1.54, 1.807) is 12.1 Å². The van der Waals surface area contributed by atoms with Crippen LogP contribution in [0.25, 0.3) is 0 Å². The number of halogens is 1. The smallest absolute Gasteiger partial charge is 0.123 e. The predicted octanol–water partition coefficient (Wildman–Crippen LogP) is 4.73. The lowest BCUT2D eigenvalue weighted by Gasteiger charge is -2.31. The van der Waals surface area contributed by atoms with Gasteiger partial charge in [-0.15, -0.1) is 0 Å². The first-order valence-corrected chi connectivity index (χ1v) is 8.11. The van der Waals surface area contributed by atoms with Gasteiger partial charge < -0.3 is 5.11 Å². The lowest BCUT2D eigenvalue weighted by atomic mass is 9.76. The zero-order valence-electron chi connectivity index (χ0n) is 12.5. The van der Waals surface area contributed by atoms with Gasteiger partial charge in [-0.3, -0.25) is 0 Å². The first-order valence-electron chi connectivity index (χ1n) is 8.11. The molecule has 1 aromatic carbocycles. The molecule has 1 unspecified atom stereocenters. The second-order valence-electron chi connectivity index (χ2n) is 6.32. The Hall–Kier alpha value is -0.890. The maximum absolute atomic E-state index is 12.9. The van der Waals surface area contributed by atoms with Crippen LogP contribution in [0.2, 0.25) is 0 Å². The van der Waals surface area contributed by atoms with E-state index in [1.807, 2.05) is 0 Å². The van der Waals surface area contributed by atoms with Crippen molar-refractivity contribution < 1.29 is 9.50 Å². The van der Waals surface area contributed by atoms with Crippen molar-refractivity contribution in [3.8, 4) is 0 Å². The molecule has 2 heteroatoms. The summed E-state index contributed by atoms with van der Waals surface area (Å²) in [6.07, 6.45) is 9.21. The normalized spacial score (nSPS) is 24.6. The van der Waals surface area contributed by atoms with Crippen LogP contribution in [0.3, 0.4) is 0 Å². The molecule has 1 aliphatic carbocycles. The van der Waals surface area contributed by atoms with Gasteiger partial charge >= 0.3 is 0 Å². The number of unbranched alkanes of at least 4 members (excludes halogenated alkanes) is 1. The molecule has 0 bridgehead atoms. The maximum atomic E-state index is 12.9. The fourth-order valence-electron chi connectivity index (χ4n) is 3.38. The molecular weight excluding hydrogens is 251 g/mol. The van der Waals surface area contributed by atoms with Crippen molar-refractivity contribution in [1.82, 2.24) is 0 Å². The van der Waals surface area contributed by atoms with Crippen molar-refractivity contribution in [2.24, 2.45) is 11.8 Å². The summed E-state index contributed by atoms with van der Waals surface area (Å²) < 4.78 is 12.9. The van der Waals surface area contributed by atoms with E-state index in [4.69, 9.17) is 0 Å². The Morgan fingerprint density at radius 3 is 2.40 bits per heavy atom. The van der Waals surface area contributed by atoms with Gasteiger partial charge in [0.05, 0.1) is 6.10 Å². The molecule has 1 saturated carbocycles. The zero-order valence-corrected chi connectivity index (χ0v) is 12.5. The molecule has 0 saturated heterocycles. The standard InChI is InChI=1S/C18H27FO/c1-2-3-4-14-5-9-16(10-6-14)18(20)13-15-7-11-17(19)12-8-15/h7-8,11-12,14,16,18,20H,2-6,9-10,13H2,1H3. The highest BCUT2D eigenvalue weighted by molar-refractivity contribution is 5.17. The van der Waals surface area contributed by atoms with Crippen LogP contribution in [-0.4, -0.2) is 11.2 Å². The van der Waals surface area contributed by atoms with Crippen LogP contribution in [0.1, 0.15) is 57.4 Å². The Bertz CT molecular complexity index is 379. The van der Waals surface area contributed by atoms with Crippen LogP contribution in [0.15, 0.2) is 24.3 Å². The predicted molar refractivity (Wildman–Crippen MR) is 81.1 cm³/mol. The van der Waals surface area contributed by atoms with Crippen molar-refractivity contribution in [2.45, 2.75) is 64.4 Å². The number of hydrogen-bond acceptors (Lipinski definition) is 1. The maximum Gasteiger partial charge on any atom is 0.123 e. The molecule has 0 aliphatic heterocycles. The van der Waals surface area contributed by atoms with Gasteiger partial charge in [-0.1, -0.05) is 51.2 Å². The van der Waals surface area contributed by atoms with E-state index in [2.05, 4.69) is 6.92 Å². The van der Waals surface area contributed by atoms with Gasteiger partial charge in [0.2, 0.25) is 0 Å². The summed E-state index contributed by atoms with van der Waals surface area (Å²) in [4.78, 5) is 0. The molecule has 1 aliphatic rings. The average molecular weight is 278 g/mol. The molecule has 1 aromatic rings. The first-order chi connectivity index (χ1) is 9.69. The molecule has 1 nitrogen and oxygen atoms in total. The van der Waals surface area contributed by atoms with Gasteiger partial charge in [0, 0.05) is 0 Å². The molecule has 0 aromatic heterocycles. The van der Waals surface area contributed by atoms with Crippen LogP contribution in [0.4, 0.5) is 4.39 Å². The highest BCUT2D eigenvalue weighted by Crippen LogP contribution is 2.34. The number of aliphatic hydroxyl groups is 1. The lowest BCUT2D eigenvalue weighted by Crippen LogP contribution is -2.27. The van der Waals surface area contributed by atoms with Crippen LogP contribution in [0, 0.1) is 17.7 Å². The summed E-state index contributed by atoms with van der Waals surface area (Å²) in [6.45, 7) is 2.25. The molecular formula is C18H27FO. The van der Waals surface area contributed by atoms with Crippen LogP contribution >= 0.6 is 0 Å². The fraction of sp³-hybridized carbons (Fsp3) is 0.667. The van der Waals surface area contributed by atoms with E-state index in [1.165, 1.54) is 44.2 Å². The Morgan fingerprint density at radius 1 is 1.15 bits per heavy atom. The molecule has 0 amide bonds. The largest absolute Gasteiger partial charge is 0.392 e. The van der Waals surface area contributed by atoms with E-state index in [0.29, 0.717) is 12.3 Å². The Kier molecular flexibility index (Phi) is 6.03. The van der Waals surface area contributed by atoms with Gasteiger partial charge in [-0.25, -0.2) is 4.39 Å². The van der Waals surface area contributed by atoms with E-state index in [9.17, 15) is 9.50 Å². The van der Waals surface area contributed by atoms with Crippen molar-refractivity contribution in [2.75, 3.05) is 0 Å². The van der Waals surface area contributed by atoms with Gasteiger partial charge in [0.25, 0.3) is 0 Å². The summed E-state index contributed by atoms with van der Waals surface area (Å²) in [5, 5.41) is 10.4. The number of aliphatic hydroxyl groups excluding tert-OH is 1. The van der Waals surface area contributed by atoms with Gasteiger partial charge in [-0.2, -0.15) is 0 Å². The van der Waals surface area contributed by atoms with Gasteiger partial charge in [-0.05, 0) is 48.8 Å². The molecule has 0 radical (unpaired) electrons. The average Bonchev–Trinajstić information content (AvgIpc) is 2.48. The van der Waals surface area contributed by atoms with E-state index in [-0.39, 0.29) is 11.9 Å². The monoisotopic (exact) mass is 278 g/mol. The Labute approximate surface area is 122 Å². The van der Waals surface area contributed by atoms with E-state index < -0.39 is 0 Å². The molecule has 0 spiro atoms. The molecule has 1 fully saturated rings.